The predicted molar refractivity (Wildman–Crippen MR) is 125 cm³/mol. The molecule has 1 aliphatic rings. The Kier molecular flexibility index (Phi) is 6.23. The summed E-state index contributed by atoms with van der Waals surface area (Å²) in [6, 6.07) is 10.4. The van der Waals surface area contributed by atoms with Crippen LogP contribution in [0.2, 0.25) is 0 Å². The van der Waals surface area contributed by atoms with Gasteiger partial charge in [0.25, 0.3) is 5.56 Å². The minimum atomic E-state index is -0.0379. The molecule has 158 valence electrons. The van der Waals surface area contributed by atoms with E-state index < -0.39 is 0 Å². The third-order valence-electron chi connectivity index (χ3n) is 5.98. The summed E-state index contributed by atoms with van der Waals surface area (Å²) in [7, 11) is 0. The highest BCUT2D eigenvalue weighted by molar-refractivity contribution is 7.80. The number of rotatable bonds is 5. The number of hydrogen-bond donors (Lipinski definition) is 2. The van der Waals surface area contributed by atoms with Crippen molar-refractivity contribution in [2.24, 2.45) is 0 Å². The number of pyridine rings is 1. The molecule has 0 aliphatic heterocycles. The van der Waals surface area contributed by atoms with E-state index >= 15 is 0 Å². The zero-order valence-electron chi connectivity index (χ0n) is 17.7. The van der Waals surface area contributed by atoms with Gasteiger partial charge in [0.05, 0.1) is 24.9 Å². The molecular weight excluding hydrogens is 394 g/mol. The van der Waals surface area contributed by atoms with Crippen LogP contribution in [0.1, 0.15) is 54.6 Å². The van der Waals surface area contributed by atoms with Crippen molar-refractivity contribution in [1.82, 2.24) is 15.2 Å². The van der Waals surface area contributed by atoms with Gasteiger partial charge in [-0.2, -0.15) is 0 Å². The third-order valence-corrected chi connectivity index (χ3v) is 6.36. The van der Waals surface area contributed by atoms with Gasteiger partial charge in [-0.05, 0) is 74.1 Å². The number of nitrogens with zero attached hydrogens (tertiary/aromatic N) is 1. The molecule has 0 atom stereocenters. The van der Waals surface area contributed by atoms with Gasteiger partial charge >= 0.3 is 0 Å². The Morgan fingerprint density at radius 2 is 2.03 bits per heavy atom. The molecule has 0 spiro atoms. The van der Waals surface area contributed by atoms with Crippen LogP contribution in [-0.2, 0) is 13.1 Å². The Hall–Kier alpha value is -2.60. The third kappa shape index (κ3) is 4.59. The first-order chi connectivity index (χ1) is 14.5. The van der Waals surface area contributed by atoms with E-state index in [0.29, 0.717) is 24.2 Å². The molecule has 6 heteroatoms. The molecule has 1 aliphatic carbocycles. The fourth-order valence-corrected chi connectivity index (χ4v) is 4.76. The van der Waals surface area contributed by atoms with E-state index in [1.807, 2.05) is 25.1 Å². The van der Waals surface area contributed by atoms with E-state index in [2.05, 4.69) is 34.3 Å². The van der Waals surface area contributed by atoms with Crippen molar-refractivity contribution in [3.05, 3.63) is 69.4 Å². The quantitative estimate of drug-likeness (QED) is 0.569. The van der Waals surface area contributed by atoms with Gasteiger partial charge in [0.15, 0.2) is 5.11 Å². The number of furan rings is 1. The molecule has 3 aromatic rings. The van der Waals surface area contributed by atoms with Gasteiger partial charge < -0.3 is 19.6 Å². The smallest absolute Gasteiger partial charge is 0.253 e. The van der Waals surface area contributed by atoms with Gasteiger partial charge in [-0.1, -0.05) is 30.9 Å². The summed E-state index contributed by atoms with van der Waals surface area (Å²) in [5.74, 6) is 0.843. The molecule has 5 nitrogen and oxygen atoms in total. The second-order valence-corrected chi connectivity index (χ2v) is 8.71. The van der Waals surface area contributed by atoms with Crippen LogP contribution in [-0.4, -0.2) is 21.0 Å². The summed E-state index contributed by atoms with van der Waals surface area (Å²) in [5.41, 5.74) is 3.91. The van der Waals surface area contributed by atoms with Gasteiger partial charge in [0.1, 0.15) is 5.76 Å². The Labute approximate surface area is 182 Å². The highest BCUT2D eigenvalue weighted by Gasteiger charge is 2.24. The first-order valence-electron chi connectivity index (χ1n) is 10.7. The molecule has 2 heterocycles. The number of fused-ring (bicyclic) bond motifs is 1. The maximum absolute atomic E-state index is 12.9. The van der Waals surface area contributed by atoms with Gasteiger partial charge in [-0.15, -0.1) is 0 Å². The van der Waals surface area contributed by atoms with Crippen molar-refractivity contribution in [2.75, 3.05) is 0 Å². The molecule has 2 aromatic heterocycles. The van der Waals surface area contributed by atoms with Gasteiger partial charge in [-0.3, -0.25) is 4.79 Å². The summed E-state index contributed by atoms with van der Waals surface area (Å²) >= 11 is 5.77. The van der Waals surface area contributed by atoms with Crippen molar-refractivity contribution in [1.29, 1.82) is 0 Å². The van der Waals surface area contributed by atoms with Gasteiger partial charge in [0.2, 0.25) is 0 Å². The maximum atomic E-state index is 12.9. The van der Waals surface area contributed by atoms with Crippen molar-refractivity contribution in [2.45, 2.75) is 65.1 Å². The number of aromatic nitrogens is 1. The van der Waals surface area contributed by atoms with E-state index in [1.54, 1.807) is 6.26 Å². The first-order valence-corrected chi connectivity index (χ1v) is 11.1. The molecule has 1 aromatic carbocycles. The van der Waals surface area contributed by atoms with Crippen LogP contribution in [0, 0.1) is 13.8 Å². The second-order valence-electron chi connectivity index (χ2n) is 8.33. The molecule has 0 saturated heterocycles. The minimum absolute atomic E-state index is 0.0379. The van der Waals surface area contributed by atoms with Crippen molar-refractivity contribution < 1.29 is 4.42 Å². The van der Waals surface area contributed by atoms with Crippen molar-refractivity contribution in [3.8, 4) is 0 Å². The number of aromatic amines is 1. The van der Waals surface area contributed by atoms with Crippen LogP contribution >= 0.6 is 12.2 Å². The summed E-state index contributed by atoms with van der Waals surface area (Å²) in [6.45, 7) is 5.17. The summed E-state index contributed by atoms with van der Waals surface area (Å²) in [6.07, 6.45) is 7.55. The van der Waals surface area contributed by atoms with Crippen LogP contribution in [0.3, 0.4) is 0 Å². The molecule has 4 rings (SSSR count). The first kappa shape index (κ1) is 20.7. The topological polar surface area (TPSA) is 61.3 Å². The molecule has 0 radical (unpaired) electrons. The van der Waals surface area contributed by atoms with E-state index in [1.165, 1.54) is 24.8 Å². The maximum Gasteiger partial charge on any atom is 0.253 e. The Morgan fingerprint density at radius 1 is 1.23 bits per heavy atom. The number of nitrogens with one attached hydrogen (secondary N) is 2. The highest BCUT2D eigenvalue weighted by atomic mass is 32.1. The fraction of sp³-hybridized carbons (Fsp3) is 0.417. The molecule has 1 fully saturated rings. The lowest BCUT2D eigenvalue weighted by atomic mass is 9.94. The lowest BCUT2D eigenvalue weighted by molar-refractivity contribution is 0.234. The van der Waals surface area contributed by atoms with Gasteiger partial charge in [-0.25, -0.2) is 0 Å². The Bertz CT molecular complexity index is 1080. The standard InChI is InChI=1S/C24H29N3O2S/c1-16-11-17(2)22-18(12-16)13-19(23(28)26-22)15-27(20-7-4-3-5-8-20)24(30)25-14-21-9-6-10-29-21/h6,9-13,20H,3-5,7-8,14-15H2,1-2H3,(H,25,30)(H,26,28). The summed E-state index contributed by atoms with van der Waals surface area (Å²) in [5, 5.41) is 5.08. The lowest BCUT2D eigenvalue weighted by Crippen LogP contribution is -2.46. The second kappa shape index (κ2) is 9.04. The monoisotopic (exact) mass is 423 g/mol. The highest BCUT2D eigenvalue weighted by Crippen LogP contribution is 2.25. The zero-order chi connectivity index (χ0) is 21.1. The van der Waals surface area contributed by atoms with Crippen LogP contribution in [0.25, 0.3) is 10.9 Å². The molecular formula is C24H29N3O2S. The van der Waals surface area contributed by atoms with E-state index in [4.69, 9.17) is 16.6 Å². The summed E-state index contributed by atoms with van der Waals surface area (Å²) < 4.78 is 5.42. The van der Waals surface area contributed by atoms with Crippen LogP contribution in [0.15, 0.2) is 45.8 Å². The molecule has 0 unspecified atom stereocenters. The van der Waals surface area contributed by atoms with E-state index in [0.717, 1.165) is 40.6 Å². The number of thiocarbonyl (C=S) groups is 1. The Balaban J connectivity index is 1.61. The van der Waals surface area contributed by atoms with Crippen molar-refractivity contribution in [3.63, 3.8) is 0 Å². The number of hydrogen-bond acceptors (Lipinski definition) is 3. The molecule has 2 N–H and O–H groups in total. The van der Waals surface area contributed by atoms with E-state index in [-0.39, 0.29) is 5.56 Å². The average molecular weight is 424 g/mol. The number of benzene rings is 1. The van der Waals surface area contributed by atoms with Crippen molar-refractivity contribution >= 4 is 28.2 Å². The largest absolute Gasteiger partial charge is 0.467 e. The average Bonchev–Trinajstić information content (AvgIpc) is 3.25. The number of H-pyrrole nitrogens is 1. The van der Waals surface area contributed by atoms with Crippen LogP contribution in [0.4, 0.5) is 0 Å². The fourth-order valence-electron chi connectivity index (χ4n) is 4.47. The van der Waals surface area contributed by atoms with Crippen LogP contribution < -0.4 is 10.9 Å². The molecule has 1 saturated carbocycles. The minimum Gasteiger partial charge on any atom is -0.467 e. The van der Waals surface area contributed by atoms with E-state index in [9.17, 15) is 4.79 Å². The lowest BCUT2D eigenvalue weighted by Gasteiger charge is -2.36. The zero-order valence-corrected chi connectivity index (χ0v) is 18.5. The van der Waals surface area contributed by atoms with Crippen LogP contribution in [0.5, 0.6) is 0 Å². The number of aryl methyl sites for hydroxylation is 2. The van der Waals surface area contributed by atoms with Gasteiger partial charge in [0, 0.05) is 11.6 Å². The SMILES string of the molecule is Cc1cc(C)c2[nH]c(=O)c(CN(C(=S)NCc3ccco3)C3CCCCC3)cc2c1. The molecule has 30 heavy (non-hydrogen) atoms. The Morgan fingerprint density at radius 3 is 2.77 bits per heavy atom. The normalized spacial score (nSPS) is 14.7. The molecule has 0 bridgehead atoms. The molecule has 0 amide bonds. The summed E-state index contributed by atoms with van der Waals surface area (Å²) in [4.78, 5) is 18.2. The predicted octanol–water partition coefficient (Wildman–Crippen LogP) is 4.95.